The fraction of sp³-hybridized carbons (Fsp3) is 0.318. The lowest BCUT2D eigenvalue weighted by Gasteiger charge is -2.36. The van der Waals surface area contributed by atoms with E-state index in [-0.39, 0.29) is 12.5 Å². The van der Waals surface area contributed by atoms with Crippen LogP contribution < -0.4 is 10.2 Å². The van der Waals surface area contributed by atoms with E-state index in [9.17, 15) is 14.4 Å². The number of ether oxygens (including phenoxy) is 1. The van der Waals surface area contributed by atoms with E-state index >= 15 is 0 Å². The normalized spacial score (nSPS) is 18.4. The van der Waals surface area contributed by atoms with Crippen LogP contribution in [0.5, 0.6) is 0 Å². The molecule has 2 amide bonds. The van der Waals surface area contributed by atoms with Crippen LogP contribution in [0.1, 0.15) is 15.9 Å². The fourth-order valence-corrected chi connectivity index (χ4v) is 3.86. The van der Waals surface area contributed by atoms with Gasteiger partial charge in [-0.1, -0.05) is 29.8 Å². The van der Waals surface area contributed by atoms with Crippen molar-refractivity contribution in [3.05, 3.63) is 64.7 Å². The van der Waals surface area contributed by atoms with Gasteiger partial charge in [0.05, 0.1) is 12.1 Å². The molecule has 0 saturated carbocycles. The molecule has 1 saturated heterocycles. The molecule has 4 rings (SSSR count). The van der Waals surface area contributed by atoms with Crippen molar-refractivity contribution in [2.24, 2.45) is 0 Å². The van der Waals surface area contributed by atoms with Crippen molar-refractivity contribution in [2.45, 2.75) is 12.5 Å². The van der Waals surface area contributed by atoms with E-state index < -0.39 is 18.0 Å². The van der Waals surface area contributed by atoms with E-state index in [1.54, 1.807) is 23.1 Å². The number of benzene rings is 2. The molecule has 30 heavy (non-hydrogen) atoms. The molecule has 0 spiro atoms. The number of hydrogen-bond acceptors (Lipinski definition) is 5. The largest absolute Gasteiger partial charge is 0.448 e. The fourth-order valence-electron chi connectivity index (χ4n) is 3.73. The third-order valence-electron chi connectivity index (χ3n) is 5.42. The second kappa shape index (κ2) is 8.75. The number of hydrogen-bond donors (Lipinski definition) is 1. The van der Waals surface area contributed by atoms with Crippen LogP contribution in [0.25, 0.3) is 0 Å². The Morgan fingerprint density at radius 3 is 2.47 bits per heavy atom. The third kappa shape index (κ3) is 4.41. The molecule has 8 heteroatoms. The molecular formula is C22H22ClN3O4. The van der Waals surface area contributed by atoms with E-state index in [1.165, 1.54) is 0 Å². The van der Waals surface area contributed by atoms with Gasteiger partial charge in [0.15, 0.2) is 6.10 Å². The molecule has 156 valence electrons. The number of amides is 2. The minimum atomic E-state index is -0.915. The maximum atomic E-state index is 12.5. The summed E-state index contributed by atoms with van der Waals surface area (Å²) in [6.45, 7) is 2.44. The highest BCUT2D eigenvalue weighted by molar-refractivity contribution is 6.30. The van der Waals surface area contributed by atoms with E-state index in [4.69, 9.17) is 16.3 Å². The number of fused-ring (bicyclic) bond motifs is 1. The number of esters is 1. The van der Waals surface area contributed by atoms with Crippen LogP contribution in [-0.2, 0) is 20.7 Å². The monoisotopic (exact) mass is 427 g/mol. The SMILES string of the molecule is O=C1O[C@H](C(=O)NCC(=O)N2CCN(c3ccc(Cl)cc3)CC2)Cc2ccccc21. The average molecular weight is 428 g/mol. The zero-order valence-corrected chi connectivity index (χ0v) is 17.1. The second-order valence-electron chi connectivity index (χ2n) is 7.32. The summed E-state index contributed by atoms with van der Waals surface area (Å²) < 4.78 is 5.23. The molecular weight excluding hydrogens is 406 g/mol. The van der Waals surface area contributed by atoms with Gasteiger partial charge in [0.1, 0.15) is 0 Å². The summed E-state index contributed by atoms with van der Waals surface area (Å²) in [5.41, 5.74) is 2.33. The molecule has 0 aliphatic carbocycles. The molecule has 0 radical (unpaired) electrons. The van der Waals surface area contributed by atoms with Crippen LogP contribution in [0.4, 0.5) is 5.69 Å². The molecule has 1 atom stereocenters. The summed E-state index contributed by atoms with van der Waals surface area (Å²) in [6, 6.07) is 14.7. The number of rotatable bonds is 4. The van der Waals surface area contributed by atoms with E-state index in [1.807, 2.05) is 30.3 Å². The molecule has 2 heterocycles. The highest BCUT2D eigenvalue weighted by atomic mass is 35.5. The predicted octanol–water partition coefficient (Wildman–Crippen LogP) is 1.89. The van der Waals surface area contributed by atoms with Crippen LogP contribution in [-0.4, -0.2) is 61.5 Å². The Labute approximate surface area is 179 Å². The van der Waals surface area contributed by atoms with Crippen molar-refractivity contribution in [3.8, 4) is 0 Å². The Hall–Kier alpha value is -3.06. The summed E-state index contributed by atoms with van der Waals surface area (Å²) in [6.07, 6.45) is -0.608. The van der Waals surface area contributed by atoms with Crippen molar-refractivity contribution in [1.82, 2.24) is 10.2 Å². The Balaban J connectivity index is 1.26. The first-order chi connectivity index (χ1) is 14.5. The van der Waals surface area contributed by atoms with Crippen LogP contribution in [0, 0.1) is 0 Å². The van der Waals surface area contributed by atoms with Gasteiger partial charge in [-0.05, 0) is 35.9 Å². The van der Waals surface area contributed by atoms with Gasteiger partial charge in [-0.3, -0.25) is 9.59 Å². The molecule has 1 N–H and O–H groups in total. The van der Waals surface area contributed by atoms with Crippen LogP contribution in [0.15, 0.2) is 48.5 Å². The van der Waals surface area contributed by atoms with Crippen LogP contribution in [0.2, 0.25) is 5.02 Å². The molecule has 7 nitrogen and oxygen atoms in total. The number of anilines is 1. The molecule has 2 aliphatic rings. The molecule has 0 bridgehead atoms. The van der Waals surface area contributed by atoms with Crippen LogP contribution in [0.3, 0.4) is 0 Å². The smallest absolute Gasteiger partial charge is 0.339 e. The molecule has 2 aromatic rings. The Bertz CT molecular complexity index is 955. The number of carbonyl (C=O) groups is 3. The minimum absolute atomic E-state index is 0.116. The zero-order valence-electron chi connectivity index (χ0n) is 16.3. The average Bonchev–Trinajstić information content (AvgIpc) is 2.78. The third-order valence-corrected chi connectivity index (χ3v) is 5.67. The first kappa shape index (κ1) is 20.2. The number of cyclic esters (lactones) is 1. The Morgan fingerprint density at radius 1 is 1.03 bits per heavy atom. The maximum absolute atomic E-state index is 12.5. The van der Waals surface area contributed by atoms with Gasteiger partial charge in [-0.15, -0.1) is 0 Å². The maximum Gasteiger partial charge on any atom is 0.339 e. The van der Waals surface area contributed by atoms with Gasteiger partial charge in [0, 0.05) is 43.3 Å². The lowest BCUT2D eigenvalue weighted by molar-refractivity contribution is -0.136. The van der Waals surface area contributed by atoms with Gasteiger partial charge < -0.3 is 19.9 Å². The first-order valence-corrected chi connectivity index (χ1v) is 10.2. The standard InChI is InChI=1S/C22H22ClN3O4/c23-16-5-7-17(8-6-16)25-9-11-26(12-10-25)20(27)14-24-21(28)19-13-15-3-1-2-4-18(15)22(29)30-19/h1-8,19H,9-14H2,(H,24,28)/t19-/m0/s1. The Kier molecular flexibility index (Phi) is 5.90. The van der Waals surface area contributed by atoms with Crippen molar-refractivity contribution in [2.75, 3.05) is 37.6 Å². The van der Waals surface area contributed by atoms with Crippen LogP contribution >= 0.6 is 11.6 Å². The number of piperazine rings is 1. The van der Waals surface area contributed by atoms with Gasteiger partial charge >= 0.3 is 5.97 Å². The number of nitrogens with zero attached hydrogens (tertiary/aromatic N) is 2. The molecule has 2 aliphatic heterocycles. The summed E-state index contributed by atoms with van der Waals surface area (Å²) in [7, 11) is 0. The minimum Gasteiger partial charge on any atom is -0.448 e. The van der Waals surface area contributed by atoms with E-state index in [0.29, 0.717) is 43.2 Å². The number of nitrogens with one attached hydrogen (secondary N) is 1. The number of carbonyl (C=O) groups excluding carboxylic acids is 3. The Morgan fingerprint density at radius 2 is 1.73 bits per heavy atom. The second-order valence-corrected chi connectivity index (χ2v) is 7.75. The van der Waals surface area contributed by atoms with Gasteiger partial charge in [-0.2, -0.15) is 0 Å². The molecule has 0 unspecified atom stereocenters. The lowest BCUT2D eigenvalue weighted by atomic mass is 9.98. The highest BCUT2D eigenvalue weighted by Crippen LogP contribution is 2.21. The summed E-state index contributed by atoms with van der Waals surface area (Å²) in [5, 5.41) is 3.30. The zero-order chi connectivity index (χ0) is 21.1. The van der Waals surface area contributed by atoms with Gasteiger partial charge in [0.25, 0.3) is 5.91 Å². The van der Waals surface area contributed by atoms with Gasteiger partial charge in [0.2, 0.25) is 5.91 Å². The molecule has 0 aromatic heterocycles. The summed E-state index contributed by atoms with van der Waals surface area (Å²) in [5.74, 6) is -1.12. The predicted molar refractivity (Wildman–Crippen MR) is 113 cm³/mol. The lowest BCUT2D eigenvalue weighted by Crippen LogP contribution is -2.52. The van der Waals surface area contributed by atoms with Crippen molar-refractivity contribution in [3.63, 3.8) is 0 Å². The van der Waals surface area contributed by atoms with Crippen molar-refractivity contribution >= 4 is 35.1 Å². The summed E-state index contributed by atoms with van der Waals surface area (Å²) >= 11 is 5.93. The summed E-state index contributed by atoms with van der Waals surface area (Å²) in [4.78, 5) is 40.9. The molecule has 2 aromatic carbocycles. The topological polar surface area (TPSA) is 78.9 Å². The van der Waals surface area contributed by atoms with Gasteiger partial charge in [-0.25, -0.2) is 4.79 Å². The van der Waals surface area contributed by atoms with Crippen molar-refractivity contribution < 1.29 is 19.1 Å². The quantitative estimate of drug-likeness (QED) is 0.754. The highest BCUT2D eigenvalue weighted by Gasteiger charge is 2.31. The van der Waals surface area contributed by atoms with E-state index in [0.717, 1.165) is 11.3 Å². The molecule has 1 fully saturated rings. The van der Waals surface area contributed by atoms with E-state index in [2.05, 4.69) is 10.2 Å². The van der Waals surface area contributed by atoms with Crippen molar-refractivity contribution in [1.29, 1.82) is 0 Å². The number of halogens is 1. The first-order valence-electron chi connectivity index (χ1n) is 9.86.